The lowest BCUT2D eigenvalue weighted by Crippen LogP contribution is -2.43. The van der Waals surface area contributed by atoms with Crippen LogP contribution in [0.2, 0.25) is 5.02 Å². The van der Waals surface area contributed by atoms with E-state index in [1.807, 2.05) is 30.3 Å². The minimum Gasteiger partial charge on any atom is -0.495 e. The van der Waals surface area contributed by atoms with Gasteiger partial charge in [0.2, 0.25) is 5.91 Å². The van der Waals surface area contributed by atoms with Gasteiger partial charge in [0.25, 0.3) is 11.8 Å². The molecule has 10 nitrogen and oxygen atoms in total. The molecule has 0 aromatic heterocycles. The minimum absolute atomic E-state index is 0.255. The van der Waals surface area contributed by atoms with E-state index < -0.39 is 29.8 Å². The summed E-state index contributed by atoms with van der Waals surface area (Å²) in [6.45, 7) is -0.261. The smallest absolute Gasteiger partial charge is 0.263 e. The lowest BCUT2D eigenvalue weighted by molar-refractivity contribution is -0.123. The van der Waals surface area contributed by atoms with E-state index in [4.69, 9.17) is 21.1 Å². The molecule has 0 unspecified atom stereocenters. The molecule has 0 saturated carbocycles. The number of carbonyl (C=O) groups is 3. The van der Waals surface area contributed by atoms with Gasteiger partial charge >= 0.3 is 0 Å². The van der Waals surface area contributed by atoms with Crippen LogP contribution in [0.4, 0.5) is 11.4 Å². The van der Waals surface area contributed by atoms with E-state index in [-0.39, 0.29) is 11.6 Å². The average Bonchev–Trinajstić information content (AvgIpc) is 3.39. The van der Waals surface area contributed by atoms with Gasteiger partial charge in [-0.15, -0.1) is 0 Å². The monoisotopic (exact) mass is 505 g/mol. The molecule has 5 rings (SSSR count). The van der Waals surface area contributed by atoms with Crippen molar-refractivity contribution in [3.63, 3.8) is 0 Å². The Hall–Kier alpha value is -4.44. The first-order chi connectivity index (χ1) is 17.4. The third-order valence-corrected chi connectivity index (χ3v) is 5.97. The summed E-state index contributed by atoms with van der Waals surface area (Å²) in [4.78, 5) is 39.7. The van der Waals surface area contributed by atoms with Crippen LogP contribution >= 0.6 is 11.6 Å². The maximum absolute atomic E-state index is 13.1. The highest BCUT2D eigenvalue weighted by molar-refractivity contribution is 6.33. The van der Waals surface area contributed by atoms with Crippen molar-refractivity contribution in [2.75, 3.05) is 23.9 Å². The predicted octanol–water partition coefficient (Wildman–Crippen LogP) is 4.07. The van der Waals surface area contributed by atoms with Crippen molar-refractivity contribution in [2.45, 2.75) is 12.1 Å². The Balaban J connectivity index is 1.23. The summed E-state index contributed by atoms with van der Waals surface area (Å²) < 4.78 is 10.9. The van der Waals surface area contributed by atoms with E-state index in [1.54, 1.807) is 36.4 Å². The highest BCUT2D eigenvalue weighted by Gasteiger charge is 2.55. The van der Waals surface area contributed by atoms with Crippen molar-refractivity contribution in [3.8, 4) is 17.2 Å². The molecule has 3 aromatic carbocycles. The van der Waals surface area contributed by atoms with Crippen molar-refractivity contribution in [3.05, 3.63) is 77.8 Å². The quantitative estimate of drug-likeness (QED) is 0.484. The molecule has 1 N–H and O–H groups in total. The molecule has 3 amide bonds. The largest absolute Gasteiger partial charge is 0.495 e. The number of methoxy groups -OCH3 is 1. The van der Waals surface area contributed by atoms with Crippen molar-refractivity contribution in [1.82, 2.24) is 5.01 Å². The lowest BCUT2D eigenvalue weighted by atomic mass is 10.1. The Morgan fingerprint density at radius 2 is 1.72 bits per heavy atom. The number of halogens is 1. The van der Waals surface area contributed by atoms with Crippen LogP contribution in [0.15, 0.2) is 83.1 Å². The van der Waals surface area contributed by atoms with Gasteiger partial charge in [0.05, 0.1) is 17.8 Å². The van der Waals surface area contributed by atoms with Crippen LogP contribution in [0.3, 0.4) is 0 Å². The fourth-order valence-electron chi connectivity index (χ4n) is 3.98. The van der Waals surface area contributed by atoms with Gasteiger partial charge in [-0.2, -0.15) is 5.11 Å². The Bertz CT molecular complexity index is 1350. The first-order valence-electron chi connectivity index (χ1n) is 11.0. The summed E-state index contributed by atoms with van der Waals surface area (Å²) in [6, 6.07) is 18.7. The summed E-state index contributed by atoms with van der Waals surface area (Å²) in [5, 5.41) is 12.1. The maximum atomic E-state index is 13.1. The van der Waals surface area contributed by atoms with Gasteiger partial charge < -0.3 is 14.8 Å². The van der Waals surface area contributed by atoms with Gasteiger partial charge in [0.15, 0.2) is 12.1 Å². The van der Waals surface area contributed by atoms with Crippen LogP contribution in [0.5, 0.6) is 17.2 Å². The van der Waals surface area contributed by atoms with Crippen LogP contribution in [-0.4, -0.2) is 48.5 Å². The standard InChI is InChI=1S/C25H20ClN5O5/c1-35-20-12-9-16(13-19(20)26)31-24(33)22-23(25(31)34)30(29-28-22)14-21(32)27-15-7-10-18(11-8-15)36-17-5-3-2-4-6-17/h2-13,22-23H,14H2,1H3,(H,27,32)/t22-,23+/m1/s1. The Kier molecular flexibility index (Phi) is 6.26. The highest BCUT2D eigenvalue weighted by atomic mass is 35.5. The molecular weight excluding hydrogens is 486 g/mol. The topological polar surface area (TPSA) is 113 Å². The molecule has 36 heavy (non-hydrogen) atoms. The fourth-order valence-corrected chi connectivity index (χ4v) is 4.23. The summed E-state index contributed by atoms with van der Waals surface area (Å²) >= 11 is 6.16. The van der Waals surface area contributed by atoms with Gasteiger partial charge in [0.1, 0.15) is 23.8 Å². The Morgan fingerprint density at radius 3 is 2.42 bits per heavy atom. The van der Waals surface area contributed by atoms with E-state index in [0.29, 0.717) is 28.6 Å². The molecule has 2 aliphatic heterocycles. The maximum Gasteiger partial charge on any atom is 0.263 e. The first-order valence-corrected chi connectivity index (χ1v) is 11.3. The number of fused-ring (bicyclic) bond motifs is 1. The number of hydrogen-bond acceptors (Lipinski definition) is 8. The van der Waals surface area contributed by atoms with E-state index in [0.717, 1.165) is 4.90 Å². The second-order valence-corrected chi connectivity index (χ2v) is 8.42. The van der Waals surface area contributed by atoms with Gasteiger partial charge in [0, 0.05) is 5.69 Å². The molecule has 182 valence electrons. The van der Waals surface area contributed by atoms with Crippen molar-refractivity contribution in [1.29, 1.82) is 0 Å². The molecule has 2 heterocycles. The van der Waals surface area contributed by atoms with Crippen molar-refractivity contribution < 1.29 is 23.9 Å². The van der Waals surface area contributed by atoms with Gasteiger partial charge in [-0.1, -0.05) is 35.0 Å². The Labute approximate surface area is 211 Å². The lowest BCUT2D eigenvalue weighted by Gasteiger charge is -2.20. The van der Waals surface area contributed by atoms with Gasteiger partial charge in [-0.3, -0.25) is 19.4 Å². The molecule has 0 spiro atoms. The second-order valence-electron chi connectivity index (χ2n) is 8.01. The SMILES string of the molecule is COc1ccc(N2C(=O)[C@@H]3[C@@H](N=NN3CC(=O)Nc3ccc(Oc4ccccc4)cc3)C2=O)cc1Cl. The van der Waals surface area contributed by atoms with E-state index in [1.165, 1.54) is 18.2 Å². The molecule has 1 fully saturated rings. The third-order valence-electron chi connectivity index (χ3n) is 5.67. The molecule has 11 heteroatoms. The van der Waals surface area contributed by atoms with Crippen molar-refractivity contribution in [2.24, 2.45) is 10.3 Å². The van der Waals surface area contributed by atoms with Gasteiger partial charge in [-0.05, 0) is 54.6 Å². The molecule has 3 aromatic rings. The zero-order chi connectivity index (χ0) is 25.2. The number of benzene rings is 3. The number of imide groups is 1. The van der Waals surface area contributed by atoms with Crippen LogP contribution in [-0.2, 0) is 14.4 Å². The number of nitrogens with one attached hydrogen (secondary N) is 1. The Morgan fingerprint density at radius 1 is 1.00 bits per heavy atom. The van der Waals surface area contributed by atoms with E-state index in [9.17, 15) is 14.4 Å². The average molecular weight is 506 g/mol. The predicted molar refractivity (Wildman–Crippen MR) is 131 cm³/mol. The van der Waals surface area contributed by atoms with Crippen LogP contribution in [0.25, 0.3) is 0 Å². The number of hydrogen-bond donors (Lipinski definition) is 1. The first kappa shape index (κ1) is 23.3. The number of ether oxygens (including phenoxy) is 2. The highest BCUT2D eigenvalue weighted by Crippen LogP contribution is 2.35. The third kappa shape index (κ3) is 4.46. The zero-order valence-electron chi connectivity index (χ0n) is 19.0. The van der Waals surface area contributed by atoms with Crippen LogP contribution < -0.4 is 19.7 Å². The minimum atomic E-state index is -1.03. The molecule has 2 aliphatic rings. The summed E-state index contributed by atoms with van der Waals surface area (Å²) in [6.07, 6.45) is 0. The molecule has 0 aliphatic carbocycles. The number of para-hydroxylation sites is 1. The van der Waals surface area contributed by atoms with Crippen molar-refractivity contribution >= 4 is 40.7 Å². The number of anilines is 2. The molecular formula is C25H20ClN5O5. The normalized spacial score (nSPS) is 18.4. The summed E-state index contributed by atoms with van der Waals surface area (Å²) in [5.41, 5.74) is 0.832. The molecule has 0 radical (unpaired) electrons. The molecule has 0 bridgehead atoms. The molecule has 2 atom stereocenters. The number of nitrogens with zero attached hydrogens (tertiary/aromatic N) is 4. The second kappa shape index (κ2) is 9.67. The van der Waals surface area contributed by atoms with Crippen LogP contribution in [0, 0.1) is 0 Å². The van der Waals surface area contributed by atoms with Gasteiger partial charge in [-0.25, -0.2) is 4.90 Å². The summed E-state index contributed by atoms with van der Waals surface area (Å²) in [5.74, 6) is 0.238. The molecule has 1 saturated heterocycles. The number of rotatable bonds is 7. The number of carbonyl (C=O) groups excluding carboxylic acids is 3. The fraction of sp³-hybridized carbons (Fsp3) is 0.160. The van der Waals surface area contributed by atoms with E-state index in [2.05, 4.69) is 15.7 Å². The summed E-state index contributed by atoms with van der Waals surface area (Å²) in [7, 11) is 1.47. The zero-order valence-corrected chi connectivity index (χ0v) is 19.8. The number of amides is 3. The van der Waals surface area contributed by atoms with Crippen LogP contribution in [0.1, 0.15) is 0 Å². The van der Waals surface area contributed by atoms with E-state index >= 15 is 0 Å².